The van der Waals surface area contributed by atoms with Gasteiger partial charge in [-0.2, -0.15) is 5.26 Å². The Bertz CT molecular complexity index is 1040. The molecule has 0 aliphatic heterocycles. The molecular weight excluding hydrogens is 346 g/mol. The average molecular weight is 365 g/mol. The molecule has 0 atom stereocenters. The van der Waals surface area contributed by atoms with Crippen LogP contribution in [-0.4, -0.2) is 19.5 Å². The van der Waals surface area contributed by atoms with E-state index in [1.165, 1.54) is 0 Å². The molecule has 4 heteroatoms. The first kappa shape index (κ1) is 18.8. The van der Waals surface area contributed by atoms with Crippen LogP contribution in [0.2, 0.25) is 0 Å². The monoisotopic (exact) mass is 365 g/mol. The van der Waals surface area contributed by atoms with E-state index in [1.807, 2.05) is 54.6 Å². The quantitative estimate of drug-likeness (QED) is 0.702. The van der Waals surface area contributed by atoms with Gasteiger partial charge in [-0.05, 0) is 60.7 Å². The number of amides is 1. The van der Waals surface area contributed by atoms with Gasteiger partial charge < -0.3 is 10.2 Å². The lowest BCUT2D eigenvalue weighted by Crippen LogP contribution is -2.26. The van der Waals surface area contributed by atoms with E-state index in [-0.39, 0.29) is 5.91 Å². The molecule has 3 aromatic carbocycles. The minimum absolute atomic E-state index is 0.0619. The van der Waals surface area contributed by atoms with Gasteiger partial charge >= 0.3 is 0 Å². The Balaban J connectivity index is 1.58. The molecular formula is C24H19N3O. The molecule has 0 aromatic heterocycles. The van der Waals surface area contributed by atoms with Crippen molar-refractivity contribution < 1.29 is 4.79 Å². The smallest absolute Gasteiger partial charge is 0.258 e. The van der Waals surface area contributed by atoms with Crippen LogP contribution in [0, 0.1) is 23.2 Å². The number of para-hydroxylation sites is 1. The third-order valence-corrected chi connectivity index (χ3v) is 4.21. The van der Waals surface area contributed by atoms with Crippen molar-refractivity contribution in [1.82, 2.24) is 0 Å². The summed E-state index contributed by atoms with van der Waals surface area (Å²) in [6.45, 7) is 0.489. The number of hydrogen-bond donors (Lipinski definition) is 1. The first-order chi connectivity index (χ1) is 13.7. The van der Waals surface area contributed by atoms with Crippen LogP contribution in [0.25, 0.3) is 0 Å². The number of nitrogens with one attached hydrogen (secondary N) is 1. The SMILES string of the molecule is CN(C(=O)c1ccc(C#CCNc2ccc(C#N)cc2)cc1)c1ccccc1. The summed E-state index contributed by atoms with van der Waals surface area (Å²) >= 11 is 0. The Morgan fingerprint density at radius 1 is 0.929 bits per heavy atom. The number of rotatable bonds is 4. The van der Waals surface area contributed by atoms with E-state index >= 15 is 0 Å². The fraction of sp³-hybridized carbons (Fsp3) is 0.0833. The van der Waals surface area contributed by atoms with Crippen LogP contribution in [0.15, 0.2) is 78.9 Å². The third-order valence-electron chi connectivity index (χ3n) is 4.21. The van der Waals surface area contributed by atoms with Crippen molar-refractivity contribution in [2.45, 2.75) is 0 Å². The summed E-state index contributed by atoms with van der Waals surface area (Å²) < 4.78 is 0. The van der Waals surface area contributed by atoms with E-state index in [4.69, 9.17) is 5.26 Å². The van der Waals surface area contributed by atoms with Crippen molar-refractivity contribution in [3.8, 4) is 17.9 Å². The zero-order chi connectivity index (χ0) is 19.8. The molecule has 0 fully saturated rings. The number of nitriles is 1. The second-order valence-electron chi connectivity index (χ2n) is 6.12. The van der Waals surface area contributed by atoms with Gasteiger partial charge in [0.25, 0.3) is 5.91 Å². The molecule has 0 unspecified atom stereocenters. The highest BCUT2D eigenvalue weighted by atomic mass is 16.2. The summed E-state index contributed by atoms with van der Waals surface area (Å²) in [4.78, 5) is 14.2. The second kappa shape index (κ2) is 9.07. The summed E-state index contributed by atoms with van der Waals surface area (Å²) in [6.07, 6.45) is 0. The van der Waals surface area contributed by atoms with Crippen LogP contribution in [0.1, 0.15) is 21.5 Å². The highest BCUT2D eigenvalue weighted by Crippen LogP contribution is 2.15. The highest BCUT2D eigenvalue weighted by molar-refractivity contribution is 6.05. The molecule has 28 heavy (non-hydrogen) atoms. The lowest BCUT2D eigenvalue weighted by Gasteiger charge is -2.17. The number of anilines is 2. The van der Waals surface area contributed by atoms with Crippen LogP contribution in [0.3, 0.4) is 0 Å². The lowest BCUT2D eigenvalue weighted by molar-refractivity contribution is 0.0993. The average Bonchev–Trinajstić information content (AvgIpc) is 2.77. The van der Waals surface area contributed by atoms with Crippen molar-refractivity contribution in [3.05, 3.63) is 95.6 Å². The van der Waals surface area contributed by atoms with Crippen molar-refractivity contribution in [1.29, 1.82) is 5.26 Å². The van der Waals surface area contributed by atoms with Crippen molar-refractivity contribution in [3.63, 3.8) is 0 Å². The fourth-order valence-corrected chi connectivity index (χ4v) is 2.61. The Kier molecular flexibility index (Phi) is 6.08. The summed E-state index contributed by atoms with van der Waals surface area (Å²) in [5.41, 5.74) is 3.86. The zero-order valence-electron chi connectivity index (χ0n) is 15.5. The normalized spacial score (nSPS) is 9.57. The number of carbonyl (C=O) groups excluding carboxylic acids is 1. The highest BCUT2D eigenvalue weighted by Gasteiger charge is 2.12. The van der Waals surface area contributed by atoms with Crippen LogP contribution < -0.4 is 10.2 Å². The summed E-state index contributed by atoms with van der Waals surface area (Å²) in [5.74, 6) is 6.07. The van der Waals surface area contributed by atoms with E-state index < -0.39 is 0 Å². The van der Waals surface area contributed by atoms with Gasteiger partial charge in [0.1, 0.15) is 0 Å². The van der Waals surface area contributed by atoms with Gasteiger partial charge in [0, 0.05) is 29.5 Å². The van der Waals surface area contributed by atoms with Crippen molar-refractivity contribution in [2.75, 3.05) is 23.8 Å². The van der Waals surface area contributed by atoms with E-state index in [0.717, 1.165) is 16.9 Å². The minimum atomic E-state index is -0.0619. The molecule has 0 aliphatic carbocycles. The molecule has 0 aliphatic rings. The van der Waals surface area contributed by atoms with Crippen LogP contribution >= 0.6 is 0 Å². The van der Waals surface area contributed by atoms with Gasteiger partial charge in [-0.25, -0.2) is 0 Å². The molecule has 0 radical (unpaired) electrons. The van der Waals surface area contributed by atoms with E-state index in [2.05, 4.69) is 23.2 Å². The maximum atomic E-state index is 12.6. The molecule has 0 bridgehead atoms. The number of hydrogen-bond acceptors (Lipinski definition) is 3. The molecule has 0 saturated carbocycles. The predicted octanol–water partition coefficient (Wildman–Crippen LogP) is 4.30. The van der Waals surface area contributed by atoms with Gasteiger partial charge in [-0.3, -0.25) is 4.79 Å². The third kappa shape index (κ3) is 4.78. The van der Waals surface area contributed by atoms with Crippen molar-refractivity contribution >= 4 is 17.3 Å². The zero-order valence-corrected chi connectivity index (χ0v) is 15.5. The van der Waals surface area contributed by atoms with Crippen LogP contribution in [0.5, 0.6) is 0 Å². The first-order valence-corrected chi connectivity index (χ1v) is 8.83. The van der Waals surface area contributed by atoms with E-state index in [1.54, 1.807) is 36.2 Å². The van der Waals surface area contributed by atoms with Crippen molar-refractivity contribution in [2.24, 2.45) is 0 Å². The topological polar surface area (TPSA) is 56.1 Å². The largest absolute Gasteiger partial charge is 0.374 e. The molecule has 3 rings (SSSR count). The number of benzene rings is 3. The Morgan fingerprint density at radius 2 is 1.57 bits per heavy atom. The maximum Gasteiger partial charge on any atom is 0.258 e. The molecule has 1 N–H and O–H groups in total. The number of nitrogens with zero attached hydrogens (tertiary/aromatic N) is 2. The van der Waals surface area contributed by atoms with E-state index in [9.17, 15) is 4.79 Å². The molecule has 1 amide bonds. The first-order valence-electron chi connectivity index (χ1n) is 8.83. The second-order valence-corrected chi connectivity index (χ2v) is 6.12. The molecule has 0 spiro atoms. The van der Waals surface area contributed by atoms with Gasteiger partial charge in [0.05, 0.1) is 18.2 Å². The summed E-state index contributed by atoms with van der Waals surface area (Å²) in [5, 5.41) is 12.0. The predicted molar refractivity (Wildman–Crippen MR) is 112 cm³/mol. The van der Waals surface area contributed by atoms with Crippen LogP contribution in [-0.2, 0) is 0 Å². The number of carbonyl (C=O) groups is 1. The molecule has 0 saturated heterocycles. The molecule has 136 valence electrons. The maximum absolute atomic E-state index is 12.6. The Hall–Kier alpha value is -4.02. The molecule has 4 nitrogen and oxygen atoms in total. The van der Waals surface area contributed by atoms with Gasteiger partial charge in [-0.1, -0.05) is 30.0 Å². The Morgan fingerprint density at radius 3 is 2.21 bits per heavy atom. The minimum Gasteiger partial charge on any atom is -0.374 e. The van der Waals surface area contributed by atoms with Crippen LogP contribution in [0.4, 0.5) is 11.4 Å². The summed E-state index contributed by atoms with van der Waals surface area (Å²) in [7, 11) is 1.76. The van der Waals surface area contributed by atoms with Gasteiger partial charge in [-0.15, -0.1) is 0 Å². The fourth-order valence-electron chi connectivity index (χ4n) is 2.61. The standard InChI is InChI=1S/C24H19N3O/c1-27(23-7-3-2-4-8-23)24(28)21-13-9-19(10-14-21)6-5-17-26-22-15-11-20(18-25)12-16-22/h2-4,7-16,26H,17H2,1H3. The van der Waals surface area contributed by atoms with Gasteiger partial charge in [0.15, 0.2) is 0 Å². The molecule has 0 heterocycles. The Labute approximate surface area is 165 Å². The van der Waals surface area contributed by atoms with Gasteiger partial charge in [0.2, 0.25) is 0 Å². The molecule has 3 aromatic rings. The lowest BCUT2D eigenvalue weighted by atomic mass is 10.1. The summed E-state index contributed by atoms with van der Waals surface area (Å²) in [6, 6.07) is 26.1. The van der Waals surface area contributed by atoms with E-state index in [0.29, 0.717) is 17.7 Å².